The average molecular weight is 292 g/mol. The van der Waals surface area contributed by atoms with Crippen LogP contribution in [-0.4, -0.2) is 34.4 Å². The Morgan fingerprint density at radius 3 is 2.33 bits per heavy atom. The van der Waals surface area contributed by atoms with Crippen LogP contribution in [0.3, 0.4) is 0 Å². The number of aromatic nitrogens is 1. The number of hydrogen-bond donors (Lipinski definition) is 1. The first-order valence-electron chi connectivity index (χ1n) is 7.80. The minimum atomic E-state index is -0.205. The van der Waals surface area contributed by atoms with Crippen LogP contribution in [0.4, 0.5) is 5.82 Å². The highest BCUT2D eigenvalue weighted by atomic mass is 16.5. The van der Waals surface area contributed by atoms with Crippen molar-refractivity contribution in [3.63, 3.8) is 0 Å². The van der Waals surface area contributed by atoms with E-state index in [1.165, 1.54) is 0 Å². The van der Waals surface area contributed by atoms with E-state index in [4.69, 9.17) is 9.72 Å². The van der Waals surface area contributed by atoms with E-state index >= 15 is 0 Å². The predicted octanol–water partition coefficient (Wildman–Crippen LogP) is 2.92. The molecule has 1 N–H and O–H groups in total. The Morgan fingerprint density at radius 2 is 1.81 bits per heavy atom. The maximum Gasteiger partial charge on any atom is 0.129 e. The second-order valence-electron chi connectivity index (χ2n) is 7.21. The Kier molecular flexibility index (Phi) is 4.59. The summed E-state index contributed by atoms with van der Waals surface area (Å²) in [6, 6.07) is 4.00. The van der Waals surface area contributed by atoms with E-state index in [9.17, 15) is 5.11 Å². The Morgan fingerprint density at radius 1 is 1.19 bits per heavy atom. The largest absolute Gasteiger partial charge is 0.392 e. The van der Waals surface area contributed by atoms with E-state index in [1.54, 1.807) is 0 Å². The fourth-order valence-electron chi connectivity index (χ4n) is 3.22. The van der Waals surface area contributed by atoms with Crippen LogP contribution < -0.4 is 4.90 Å². The van der Waals surface area contributed by atoms with Gasteiger partial charge in [0.25, 0.3) is 0 Å². The average Bonchev–Trinajstić information content (AvgIpc) is 2.35. The summed E-state index contributed by atoms with van der Waals surface area (Å²) < 4.78 is 6.13. The monoisotopic (exact) mass is 292 g/mol. The van der Waals surface area contributed by atoms with Crippen molar-refractivity contribution in [1.29, 1.82) is 0 Å². The molecule has 0 saturated carbocycles. The van der Waals surface area contributed by atoms with E-state index in [1.807, 2.05) is 12.1 Å². The Labute approximate surface area is 128 Å². The molecular formula is C17H28N2O2. The number of ether oxygens (including phenoxy) is 1. The van der Waals surface area contributed by atoms with Gasteiger partial charge in [-0.05, 0) is 51.8 Å². The number of aliphatic hydroxyl groups excluding tert-OH is 1. The normalized spacial score (nSPS) is 20.6. The molecule has 4 nitrogen and oxygen atoms in total. The third-order valence-corrected chi connectivity index (χ3v) is 3.63. The van der Waals surface area contributed by atoms with Crippen LogP contribution in [0.25, 0.3) is 0 Å². The van der Waals surface area contributed by atoms with Crippen LogP contribution in [0.5, 0.6) is 0 Å². The molecule has 4 heteroatoms. The zero-order valence-electron chi connectivity index (χ0n) is 13.9. The lowest BCUT2D eigenvalue weighted by Crippen LogP contribution is -2.57. The number of anilines is 1. The van der Waals surface area contributed by atoms with E-state index in [0.717, 1.165) is 43.0 Å². The Bertz CT molecular complexity index is 482. The van der Waals surface area contributed by atoms with Gasteiger partial charge in [-0.2, -0.15) is 0 Å². The van der Waals surface area contributed by atoms with E-state index in [-0.39, 0.29) is 17.8 Å². The first-order chi connectivity index (χ1) is 9.74. The molecule has 21 heavy (non-hydrogen) atoms. The zero-order valence-corrected chi connectivity index (χ0v) is 13.9. The highest BCUT2D eigenvalue weighted by Gasteiger charge is 2.38. The second-order valence-corrected chi connectivity index (χ2v) is 7.21. The van der Waals surface area contributed by atoms with Gasteiger partial charge in [-0.3, -0.25) is 0 Å². The molecule has 118 valence electrons. The molecule has 0 bridgehead atoms. The van der Waals surface area contributed by atoms with Crippen molar-refractivity contribution in [1.82, 2.24) is 4.98 Å². The summed E-state index contributed by atoms with van der Waals surface area (Å²) >= 11 is 0. The van der Waals surface area contributed by atoms with Gasteiger partial charge in [-0.1, -0.05) is 13.3 Å². The molecule has 1 aromatic rings. The van der Waals surface area contributed by atoms with Crippen molar-refractivity contribution in [3.05, 3.63) is 23.4 Å². The molecule has 1 aromatic heterocycles. The van der Waals surface area contributed by atoms with Crippen LogP contribution in [0.15, 0.2) is 12.1 Å². The van der Waals surface area contributed by atoms with Crippen molar-refractivity contribution in [3.8, 4) is 0 Å². The fraction of sp³-hybridized carbons (Fsp3) is 0.706. The van der Waals surface area contributed by atoms with Crippen LogP contribution in [0.1, 0.15) is 52.3 Å². The van der Waals surface area contributed by atoms with Crippen LogP contribution in [0, 0.1) is 0 Å². The summed E-state index contributed by atoms with van der Waals surface area (Å²) in [5.41, 5.74) is 1.58. The number of rotatable bonds is 4. The second kappa shape index (κ2) is 5.93. The van der Waals surface area contributed by atoms with Gasteiger partial charge < -0.3 is 14.7 Å². The number of hydrogen-bond acceptors (Lipinski definition) is 4. The topological polar surface area (TPSA) is 45.6 Å². The minimum Gasteiger partial charge on any atom is -0.392 e. The molecule has 0 unspecified atom stereocenters. The molecule has 1 saturated heterocycles. The Balaban J connectivity index is 2.33. The van der Waals surface area contributed by atoms with Gasteiger partial charge in [0.2, 0.25) is 0 Å². The van der Waals surface area contributed by atoms with Gasteiger partial charge in [0.1, 0.15) is 5.82 Å². The molecule has 2 heterocycles. The fourth-order valence-corrected chi connectivity index (χ4v) is 3.22. The first kappa shape index (κ1) is 16.2. The zero-order chi connectivity index (χ0) is 15.7. The molecule has 0 aliphatic carbocycles. The summed E-state index contributed by atoms with van der Waals surface area (Å²) in [5.74, 6) is 0.953. The lowest BCUT2D eigenvalue weighted by molar-refractivity contribution is -0.133. The summed E-state index contributed by atoms with van der Waals surface area (Å²) in [7, 11) is 0. The lowest BCUT2D eigenvalue weighted by Gasteiger charge is -2.47. The standard InChI is InChI=1S/C17H28N2O2/c1-6-7-14-8-13(10-20)9-15(18-14)19-11-16(2,3)21-17(4,5)12-19/h8-9,20H,6-7,10-12H2,1-5H3. The molecule has 1 aliphatic rings. The molecule has 1 aliphatic heterocycles. The van der Waals surface area contributed by atoms with Gasteiger partial charge >= 0.3 is 0 Å². The third-order valence-electron chi connectivity index (χ3n) is 3.63. The van der Waals surface area contributed by atoms with Crippen molar-refractivity contribution >= 4 is 5.82 Å². The molecule has 1 fully saturated rings. The van der Waals surface area contributed by atoms with E-state index < -0.39 is 0 Å². The smallest absolute Gasteiger partial charge is 0.129 e. The molecule has 0 spiro atoms. The third kappa shape index (κ3) is 4.17. The van der Waals surface area contributed by atoms with Crippen LogP contribution >= 0.6 is 0 Å². The maximum absolute atomic E-state index is 9.49. The van der Waals surface area contributed by atoms with Gasteiger partial charge in [0, 0.05) is 18.8 Å². The minimum absolute atomic E-state index is 0.0589. The van der Waals surface area contributed by atoms with Gasteiger partial charge in [0.15, 0.2) is 0 Å². The molecular weight excluding hydrogens is 264 g/mol. The predicted molar refractivity (Wildman–Crippen MR) is 85.6 cm³/mol. The van der Waals surface area contributed by atoms with Gasteiger partial charge in [0.05, 0.1) is 17.8 Å². The SMILES string of the molecule is CCCc1cc(CO)cc(N2CC(C)(C)OC(C)(C)C2)n1. The number of nitrogens with zero attached hydrogens (tertiary/aromatic N) is 2. The lowest BCUT2D eigenvalue weighted by atomic mass is 9.98. The molecule has 0 aromatic carbocycles. The summed E-state index contributed by atoms with van der Waals surface area (Å²) in [4.78, 5) is 7.06. The molecule has 0 atom stereocenters. The van der Waals surface area contributed by atoms with Crippen LogP contribution in [-0.2, 0) is 17.8 Å². The van der Waals surface area contributed by atoms with E-state index in [2.05, 4.69) is 39.5 Å². The highest BCUT2D eigenvalue weighted by molar-refractivity contribution is 5.44. The number of pyridine rings is 1. The summed E-state index contributed by atoms with van der Waals surface area (Å²) in [5, 5.41) is 9.49. The highest BCUT2D eigenvalue weighted by Crippen LogP contribution is 2.31. The van der Waals surface area contributed by atoms with Crippen molar-refractivity contribution in [2.75, 3.05) is 18.0 Å². The summed E-state index contributed by atoms with van der Waals surface area (Å²) in [6.07, 6.45) is 2.00. The molecule has 2 rings (SSSR count). The van der Waals surface area contributed by atoms with Crippen molar-refractivity contribution < 1.29 is 9.84 Å². The maximum atomic E-state index is 9.49. The molecule has 0 amide bonds. The van der Waals surface area contributed by atoms with Gasteiger partial charge in [-0.15, -0.1) is 0 Å². The quantitative estimate of drug-likeness (QED) is 0.927. The van der Waals surface area contributed by atoms with Gasteiger partial charge in [-0.25, -0.2) is 4.98 Å². The first-order valence-corrected chi connectivity index (χ1v) is 7.80. The Hall–Kier alpha value is -1.13. The van der Waals surface area contributed by atoms with Crippen LogP contribution in [0.2, 0.25) is 0 Å². The molecule has 0 radical (unpaired) electrons. The van der Waals surface area contributed by atoms with Crippen molar-refractivity contribution in [2.45, 2.75) is 65.3 Å². The number of aryl methyl sites for hydroxylation is 1. The van der Waals surface area contributed by atoms with E-state index in [0.29, 0.717) is 0 Å². The number of morpholine rings is 1. The van der Waals surface area contributed by atoms with Crippen molar-refractivity contribution in [2.24, 2.45) is 0 Å². The number of aliphatic hydroxyl groups is 1. The summed E-state index contributed by atoms with van der Waals surface area (Å²) in [6.45, 7) is 12.3.